The molecule has 8 heteroatoms. The fourth-order valence-corrected chi connectivity index (χ4v) is 4.52. The summed E-state index contributed by atoms with van der Waals surface area (Å²) in [5.74, 6) is 1.88. The molecule has 3 aromatic rings. The zero-order valence-electron chi connectivity index (χ0n) is 19.0. The van der Waals surface area contributed by atoms with E-state index in [2.05, 4.69) is 45.4 Å². The summed E-state index contributed by atoms with van der Waals surface area (Å²) in [7, 11) is 0. The number of ether oxygens (including phenoxy) is 1. The van der Waals surface area contributed by atoms with Crippen LogP contribution in [0.2, 0.25) is 0 Å². The number of anilines is 2. The van der Waals surface area contributed by atoms with Gasteiger partial charge in [0.2, 0.25) is 5.91 Å². The minimum atomic E-state index is 0. The maximum atomic E-state index is 11.6. The molecule has 0 unspecified atom stereocenters. The van der Waals surface area contributed by atoms with E-state index in [1.807, 2.05) is 18.2 Å². The number of nitrogens with zero attached hydrogens (tertiary/aromatic N) is 3. The number of unbranched alkanes of at least 4 members (excludes halogenated alkanes) is 1. The third-order valence-corrected chi connectivity index (χ3v) is 6.39. The van der Waals surface area contributed by atoms with Gasteiger partial charge in [0.25, 0.3) is 0 Å². The van der Waals surface area contributed by atoms with Crippen molar-refractivity contribution in [1.82, 2.24) is 10.1 Å². The zero-order valence-corrected chi connectivity index (χ0v) is 19.8. The number of hydrogen-bond acceptors (Lipinski definition) is 6. The second kappa shape index (κ2) is 10.4. The predicted octanol–water partition coefficient (Wildman–Crippen LogP) is 4.42. The van der Waals surface area contributed by atoms with Crippen LogP contribution in [0.15, 0.2) is 40.9 Å². The minimum absolute atomic E-state index is 0. The average Bonchev–Trinajstić information content (AvgIpc) is 3.22. The number of carbonyl (C=O) groups excluding carboxylic acids is 1. The summed E-state index contributed by atoms with van der Waals surface area (Å²) in [5, 5.41) is 8.36. The number of nitrogens with one attached hydrogen (secondary N) is 1. The van der Waals surface area contributed by atoms with E-state index in [9.17, 15) is 4.79 Å². The quantitative estimate of drug-likeness (QED) is 0.515. The van der Waals surface area contributed by atoms with Crippen molar-refractivity contribution in [3.8, 4) is 5.75 Å². The highest BCUT2D eigenvalue weighted by Gasteiger charge is 2.21. The van der Waals surface area contributed by atoms with Gasteiger partial charge < -0.3 is 19.5 Å². The molecule has 3 heterocycles. The third-order valence-electron chi connectivity index (χ3n) is 6.39. The number of aryl methyl sites for hydroxylation is 2. The normalized spacial score (nSPS) is 16.3. The number of amides is 1. The highest BCUT2D eigenvalue weighted by atomic mass is 35.5. The van der Waals surface area contributed by atoms with E-state index < -0.39 is 0 Å². The Kier molecular flexibility index (Phi) is 7.40. The van der Waals surface area contributed by atoms with E-state index in [4.69, 9.17) is 9.26 Å². The van der Waals surface area contributed by atoms with Crippen LogP contribution in [0.1, 0.15) is 30.4 Å². The van der Waals surface area contributed by atoms with E-state index >= 15 is 0 Å². The standard InChI is InChI=1S/C25H30N4O3.ClH/c1-18-4-8-23-21(16-18)25(27-32-23)29-13-11-28(12-14-29)10-2-3-15-31-20-7-5-19-6-9-24(30)26-22(19)17-20;/h4-5,7-8,16-17H,2-3,6,9-15H2,1H3,(H,26,30);1H. The highest BCUT2D eigenvalue weighted by molar-refractivity contribution is 5.94. The van der Waals surface area contributed by atoms with Crippen LogP contribution in [0.5, 0.6) is 5.75 Å². The van der Waals surface area contributed by atoms with Crippen molar-refractivity contribution < 1.29 is 14.1 Å². The molecule has 0 spiro atoms. The summed E-state index contributed by atoms with van der Waals surface area (Å²) in [6.07, 6.45) is 3.49. The molecule has 2 aromatic carbocycles. The first-order valence-corrected chi connectivity index (χ1v) is 11.5. The summed E-state index contributed by atoms with van der Waals surface area (Å²) in [6, 6.07) is 12.2. The van der Waals surface area contributed by atoms with Gasteiger partial charge in [0.05, 0.1) is 12.0 Å². The van der Waals surface area contributed by atoms with Gasteiger partial charge in [0.15, 0.2) is 11.4 Å². The van der Waals surface area contributed by atoms with E-state index in [0.29, 0.717) is 13.0 Å². The fraction of sp³-hybridized carbons (Fsp3) is 0.440. The van der Waals surface area contributed by atoms with Crippen molar-refractivity contribution in [3.05, 3.63) is 47.5 Å². The van der Waals surface area contributed by atoms with Crippen molar-refractivity contribution >= 4 is 40.8 Å². The van der Waals surface area contributed by atoms with Crippen LogP contribution in [0, 0.1) is 6.92 Å². The summed E-state index contributed by atoms with van der Waals surface area (Å²) in [4.78, 5) is 16.4. The van der Waals surface area contributed by atoms with E-state index in [0.717, 1.165) is 80.2 Å². The molecule has 33 heavy (non-hydrogen) atoms. The van der Waals surface area contributed by atoms with Gasteiger partial charge in [-0.1, -0.05) is 22.9 Å². The number of benzene rings is 2. The molecule has 176 valence electrons. The molecule has 1 amide bonds. The largest absolute Gasteiger partial charge is 0.494 e. The lowest BCUT2D eigenvalue weighted by Crippen LogP contribution is -2.46. The minimum Gasteiger partial charge on any atom is -0.494 e. The molecular weight excluding hydrogens is 440 g/mol. The Balaban J connectivity index is 0.00000259. The molecule has 0 aliphatic carbocycles. The van der Waals surface area contributed by atoms with Gasteiger partial charge >= 0.3 is 0 Å². The third kappa shape index (κ3) is 5.42. The summed E-state index contributed by atoms with van der Waals surface area (Å²) in [5.41, 5.74) is 4.16. The molecule has 1 aromatic heterocycles. The first-order valence-electron chi connectivity index (χ1n) is 11.5. The van der Waals surface area contributed by atoms with E-state index in [1.165, 1.54) is 11.1 Å². The fourth-order valence-electron chi connectivity index (χ4n) is 4.52. The Morgan fingerprint density at radius 1 is 1.06 bits per heavy atom. The van der Waals surface area contributed by atoms with Crippen molar-refractivity contribution in [2.75, 3.05) is 49.5 Å². The molecule has 2 aliphatic rings. The molecule has 0 atom stereocenters. The molecule has 0 saturated carbocycles. The Morgan fingerprint density at radius 3 is 2.76 bits per heavy atom. The highest BCUT2D eigenvalue weighted by Crippen LogP contribution is 2.28. The lowest BCUT2D eigenvalue weighted by Gasteiger charge is -2.34. The molecule has 1 fully saturated rings. The van der Waals surface area contributed by atoms with Crippen LogP contribution in [0.25, 0.3) is 11.0 Å². The number of hydrogen-bond donors (Lipinski definition) is 1. The number of piperazine rings is 1. The van der Waals surface area contributed by atoms with Gasteiger partial charge in [-0.25, -0.2) is 0 Å². The average molecular weight is 471 g/mol. The van der Waals surface area contributed by atoms with Gasteiger partial charge in [0.1, 0.15) is 5.75 Å². The number of aromatic nitrogens is 1. The SMILES string of the molecule is Cc1ccc2onc(N3CCN(CCCCOc4ccc5c(c4)NC(=O)CC5)CC3)c2c1.Cl. The Labute approximate surface area is 200 Å². The van der Waals surface area contributed by atoms with Crippen molar-refractivity contribution in [3.63, 3.8) is 0 Å². The van der Waals surface area contributed by atoms with Gasteiger partial charge in [-0.15, -0.1) is 12.4 Å². The van der Waals surface area contributed by atoms with Gasteiger partial charge in [-0.3, -0.25) is 9.69 Å². The molecule has 0 bridgehead atoms. The molecule has 2 aliphatic heterocycles. The monoisotopic (exact) mass is 470 g/mol. The van der Waals surface area contributed by atoms with Gasteiger partial charge in [-0.05, 0) is 56.5 Å². The lowest BCUT2D eigenvalue weighted by atomic mass is 10.0. The zero-order chi connectivity index (χ0) is 21.9. The van der Waals surface area contributed by atoms with E-state index in [-0.39, 0.29) is 18.3 Å². The molecule has 7 nitrogen and oxygen atoms in total. The molecule has 0 radical (unpaired) electrons. The van der Waals surface area contributed by atoms with Crippen LogP contribution >= 0.6 is 12.4 Å². The van der Waals surface area contributed by atoms with Crippen LogP contribution in [-0.4, -0.2) is 55.3 Å². The van der Waals surface area contributed by atoms with Gasteiger partial charge in [-0.2, -0.15) is 0 Å². The number of halogens is 1. The van der Waals surface area contributed by atoms with Crippen LogP contribution < -0.4 is 15.0 Å². The summed E-state index contributed by atoms with van der Waals surface area (Å²) < 4.78 is 11.4. The van der Waals surface area contributed by atoms with E-state index in [1.54, 1.807) is 0 Å². The number of fused-ring (bicyclic) bond motifs is 2. The first kappa shape index (κ1) is 23.4. The van der Waals surface area contributed by atoms with Crippen molar-refractivity contribution in [2.45, 2.75) is 32.6 Å². The maximum Gasteiger partial charge on any atom is 0.224 e. The lowest BCUT2D eigenvalue weighted by molar-refractivity contribution is -0.116. The summed E-state index contributed by atoms with van der Waals surface area (Å²) >= 11 is 0. The van der Waals surface area contributed by atoms with Crippen LogP contribution in [0.3, 0.4) is 0 Å². The molecule has 1 saturated heterocycles. The maximum absolute atomic E-state index is 11.6. The number of carbonyl (C=O) groups is 1. The Morgan fingerprint density at radius 2 is 1.91 bits per heavy atom. The number of rotatable bonds is 7. The van der Waals surface area contributed by atoms with Gasteiger partial charge in [0, 0.05) is 44.4 Å². The predicted molar refractivity (Wildman–Crippen MR) is 133 cm³/mol. The van der Waals surface area contributed by atoms with Crippen LogP contribution in [0.4, 0.5) is 11.5 Å². The second-order valence-electron chi connectivity index (χ2n) is 8.76. The Hall–Kier alpha value is -2.77. The van der Waals surface area contributed by atoms with Crippen molar-refractivity contribution in [1.29, 1.82) is 0 Å². The van der Waals surface area contributed by atoms with Crippen LogP contribution in [-0.2, 0) is 11.2 Å². The first-order chi connectivity index (χ1) is 15.7. The topological polar surface area (TPSA) is 70.8 Å². The smallest absolute Gasteiger partial charge is 0.224 e. The molecular formula is C25H31ClN4O3. The second-order valence-corrected chi connectivity index (χ2v) is 8.76. The molecule has 5 rings (SSSR count). The Bertz CT molecular complexity index is 1110. The summed E-state index contributed by atoms with van der Waals surface area (Å²) in [6.45, 7) is 7.87. The van der Waals surface area contributed by atoms with Crippen molar-refractivity contribution in [2.24, 2.45) is 0 Å². The molecule has 1 N–H and O–H groups in total.